The van der Waals surface area contributed by atoms with Crippen LogP contribution >= 0.6 is 10.7 Å². The molecule has 0 aliphatic rings. The molecule has 0 aliphatic carbocycles. The Kier molecular flexibility index (Phi) is 5.53. The van der Waals surface area contributed by atoms with E-state index in [1.165, 1.54) is 0 Å². The summed E-state index contributed by atoms with van der Waals surface area (Å²) in [5, 5.41) is 2.71. The number of halogens is 2. The number of carbonyl (C=O) groups excluding carboxylic acids is 1. The third-order valence-electron chi connectivity index (χ3n) is 3.27. The van der Waals surface area contributed by atoms with Crippen LogP contribution in [0.15, 0.2) is 23.1 Å². The fourth-order valence-corrected chi connectivity index (χ4v) is 2.41. The van der Waals surface area contributed by atoms with Crippen molar-refractivity contribution in [3.8, 4) is 0 Å². The van der Waals surface area contributed by atoms with E-state index < -0.39 is 25.7 Å². The van der Waals surface area contributed by atoms with E-state index in [1.807, 2.05) is 20.8 Å². The molecular weight excluding hydrogens is 305 g/mol. The second kappa shape index (κ2) is 6.54. The Balaban J connectivity index is 3.03. The van der Waals surface area contributed by atoms with E-state index >= 15 is 0 Å². The maximum absolute atomic E-state index is 13.4. The number of amides is 1. The van der Waals surface area contributed by atoms with E-state index in [2.05, 4.69) is 5.32 Å². The second-order valence-electron chi connectivity index (χ2n) is 4.76. The van der Waals surface area contributed by atoms with Crippen molar-refractivity contribution in [3.63, 3.8) is 0 Å². The van der Waals surface area contributed by atoms with Gasteiger partial charge in [-0.05, 0) is 31.0 Å². The summed E-state index contributed by atoms with van der Waals surface area (Å²) in [6.07, 6.45) is 0.881. The molecule has 0 aromatic heterocycles. The fourth-order valence-electron chi connectivity index (χ4n) is 1.62. The van der Waals surface area contributed by atoms with Gasteiger partial charge in [-0.25, -0.2) is 12.8 Å². The molecular formula is C13H17ClFNO3S. The van der Waals surface area contributed by atoms with Gasteiger partial charge in [0.05, 0.1) is 4.90 Å². The van der Waals surface area contributed by atoms with Gasteiger partial charge in [-0.15, -0.1) is 0 Å². The van der Waals surface area contributed by atoms with Crippen LogP contribution in [-0.4, -0.2) is 20.4 Å². The highest BCUT2D eigenvalue weighted by molar-refractivity contribution is 8.13. The zero-order chi connectivity index (χ0) is 15.5. The van der Waals surface area contributed by atoms with Crippen LogP contribution in [0.5, 0.6) is 0 Å². The van der Waals surface area contributed by atoms with Crippen molar-refractivity contribution in [1.29, 1.82) is 0 Å². The van der Waals surface area contributed by atoms with E-state index in [9.17, 15) is 17.6 Å². The molecule has 0 heterocycles. The van der Waals surface area contributed by atoms with Crippen LogP contribution in [-0.2, 0) is 9.05 Å². The molecule has 0 saturated heterocycles. The van der Waals surface area contributed by atoms with Gasteiger partial charge in [-0.3, -0.25) is 4.79 Å². The molecule has 0 spiro atoms. The molecule has 2 unspecified atom stereocenters. The van der Waals surface area contributed by atoms with Crippen LogP contribution in [0.1, 0.15) is 37.6 Å². The molecule has 0 radical (unpaired) electrons. The minimum absolute atomic E-state index is 0.0700. The standard InChI is InChI=1S/C13H17ClFNO3S/c1-4-8(2)9(3)16-13(17)10-5-11(15)7-12(6-10)20(14,18)19/h5-9H,4H2,1-3H3,(H,16,17). The summed E-state index contributed by atoms with van der Waals surface area (Å²) in [6.45, 7) is 5.81. The molecule has 112 valence electrons. The molecule has 20 heavy (non-hydrogen) atoms. The summed E-state index contributed by atoms with van der Waals surface area (Å²) in [6, 6.07) is 2.71. The van der Waals surface area contributed by atoms with Crippen LogP contribution in [0.25, 0.3) is 0 Å². The maximum atomic E-state index is 13.4. The van der Waals surface area contributed by atoms with E-state index in [4.69, 9.17) is 10.7 Å². The Morgan fingerprint density at radius 3 is 2.45 bits per heavy atom. The predicted molar refractivity (Wildman–Crippen MR) is 75.8 cm³/mol. The average Bonchev–Trinajstić information content (AvgIpc) is 2.35. The molecule has 0 bridgehead atoms. The molecule has 0 aliphatic heterocycles. The lowest BCUT2D eigenvalue weighted by Crippen LogP contribution is -2.37. The van der Waals surface area contributed by atoms with Gasteiger partial charge in [0.2, 0.25) is 0 Å². The van der Waals surface area contributed by atoms with Crippen LogP contribution in [0.2, 0.25) is 0 Å². The Hall–Kier alpha value is -1.14. The highest BCUT2D eigenvalue weighted by atomic mass is 35.7. The average molecular weight is 322 g/mol. The van der Waals surface area contributed by atoms with E-state index in [-0.39, 0.29) is 17.5 Å². The lowest BCUT2D eigenvalue weighted by molar-refractivity contribution is 0.0927. The van der Waals surface area contributed by atoms with Crippen molar-refractivity contribution in [3.05, 3.63) is 29.6 Å². The number of nitrogens with one attached hydrogen (secondary N) is 1. The SMILES string of the molecule is CCC(C)C(C)NC(=O)c1cc(F)cc(S(=O)(=O)Cl)c1. The number of hydrogen-bond donors (Lipinski definition) is 1. The van der Waals surface area contributed by atoms with Gasteiger partial charge in [-0.1, -0.05) is 20.3 Å². The van der Waals surface area contributed by atoms with Crippen LogP contribution in [0, 0.1) is 11.7 Å². The predicted octanol–water partition coefficient (Wildman–Crippen LogP) is 2.92. The zero-order valence-corrected chi connectivity index (χ0v) is 13.1. The zero-order valence-electron chi connectivity index (χ0n) is 11.5. The molecule has 0 saturated carbocycles. The largest absolute Gasteiger partial charge is 0.349 e. The first kappa shape index (κ1) is 16.9. The summed E-state index contributed by atoms with van der Waals surface area (Å²) in [5.41, 5.74) is -0.0700. The van der Waals surface area contributed by atoms with E-state index in [0.717, 1.165) is 24.6 Å². The highest BCUT2D eigenvalue weighted by Crippen LogP contribution is 2.19. The van der Waals surface area contributed by atoms with Crippen molar-refractivity contribution in [2.75, 3.05) is 0 Å². The van der Waals surface area contributed by atoms with Gasteiger partial charge in [0, 0.05) is 22.3 Å². The summed E-state index contributed by atoms with van der Waals surface area (Å²) >= 11 is 0. The summed E-state index contributed by atoms with van der Waals surface area (Å²) in [4.78, 5) is 11.6. The first-order valence-corrected chi connectivity index (χ1v) is 8.52. The first-order valence-electron chi connectivity index (χ1n) is 6.21. The topological polar surface area (TPSA) is 63.2 Å². The molecule has 1 aromatic carbocycles. The smallest absolute Gasteiger partial charge is 0.261 e. The van der Waals surface area contributed by atoms with E-state index in [0.29, 0.717) is 0 Å². The van der Waals surface area contributed by atoms with Gasteiger partial charge in [-0.2, -0.15) is 0 Å². The Morgan fingerprint density at radius 2 is 1.95 bits per heavy atom. The molecule has 1 aromatic rings. The number of hydrogen-bond acceptors (Lipinski definition) is 3. The van der Waals surface area contributed by atoms with E-state index in [1.54, 1.807) is 0 Å². The van der Waals surface area contributed by atoms with Crippen molar-refractivity contribution < 1.29 is 17.6 Å². The molecule has 4 nitrogen and oxygen atoms in total. The Labute approximate surface area is 122 Å². The lowest BCUT2D eigenvalue weighted by Gasteiger charge is -2.20. The molecule has 0 fully saturated rings. The van der Waals surface area contributed by atoms with Crippen LogP contribution in [0.4, 0.5) is 4.39 Å². The summed E-state index contributed by atoms with van der Waals surface area (Å²) < 4.78 is 35.8. The van der Waals surface area contributed by atoms with Crippen LogP contribution in [0.3, 0.4) is 0 Å². The quantitative estimate of drug-likeness (QED) is 0.848. The van der Waals surface area contributed by atoms with Gasteiger partial charge in [0.25, 0.3) is 15.0 Å². The molecule has 1 rings (SSSR count). The maximum Gasteiger partial charge on any atom is 0.261 e. The normalized spacial score (nSPS) is 14.7. The number of benzene rings is 1. The van der Waals surface area contributed by atoms with Gasteiger partial charge in [0.1, 0.15) is 5.82 Å². The minimum atomic E-state index is -4.08. The third-order valence-corrected chi connectivity index (χ3v) is 4.60. The Morgan fingerprint density at radius 1 is 1.35 bits per heavy atom. The fraction of sp³-hybridized carbons (Fsp3) is 0.462. The second-order valence-corrected chi connectivity index (χ2v) is 7.33. The third kappa shape index (κ3) is 4.45. The van der Waals surface area contributed by atoms with Gasteiger partial charge in [0.15, 0.2) is 0 Å². The lowest BCUT2D eigenvalue weighted by atomic mass is 10.0. The van der Waals surface area contributed by atoms with Crippen molar-refractivity contribution in [1.82, 2.24) is 5.32 Å². The van der Waals surface area contributed by atoms with Crippen LogP contribution < -0.4 is 5.32 Å². The number of carbonyl (C=O) groups is 1. The number of rotatable bonds is 5. The highest BCUT2D eigenvalue weighted by Gasteiger charge is 2.18. The van der Waals surface area contributed by atoms with Crippen molar-refractivity contribution >= 4 is 25.6 Å². The van der Waals surface area contributed by atoms with Gasteiger partial charge < -0.3 is 5.32 Å². The molecule has 1 amide bonds. The minimum Gasteiger partial charge on any atom is -0.349 e. The van der Waals surface area contributed by atoms with Gasteiger partial charge >= 0.3 is 0 Å². The summed E-state index contributed by atoms with van der Waals surface area (Å²) in [7, 11) is 1.08. The molecule has 2 atom stereocenters. The van der Waals surface area contributed by atoms with Crippen molar-refractivity contribution in [2.24, 2.45) is 5.92 Å². The van der Waals surface area contributed by atoms with Crippen molar-refractivity contribution in [2.45, 2.75) is 38.1 Å². The first-order chi connectivity index (χ1) is 9.15. The monoisotopic (exact) mass is 321 g/mol. The Bertz CT molecular complexity index is 604. The summed E-state index contributed by atoms with van der Waals surface area (Å²) in [5.74, 6) is -1.10. The molecule has 1 N–H and O–H groups in total. The molecule has 7 heteroatoms.